The summed E-state index contributed by atoms with van der Waals surface area (Å²) >= 11 is 17.9. The van der Waals surface area contributed by atoms with Crippen molar-refractivity contribution in [3.63, 3.8) is 0 Å². The second-order valence-electron chi connectivity index (χ2n) is 4.80. The highest BCUT2D eigenvalue weighted by molar-refractivity contribution is 6.43. The summed E-state index contributed by atoms with van der Waals surface area (Å²) in [4.78, 5) is 8.50. The van der Waals surface area contributed by atoms with Gasteiger partial charge in [0.25, 0.3) is 0 Å². The summed E-state index contributed by atoms with van der Waals surface area (Å²) < 4.78 is 5.57. The minimum atomic E-state index is 0.352. The lowest BCUT2D eigenvalue weighted by Gasteiger charge is -2.08. The Labute approximate surface area is 137 Å². The number of halogens is 3. The van der Waals surface area contributed by atoms with Crippen LogP contribution in [0.4, 0.5) is 0 Å². The largest absolute Gasteiger partial charge is 0.436 e. The summed E-state index contributed by atoms with van der Waals surface area (Å²) in [5, 5.41) is 4.48. The molecule has 110 valence electrons. The average Bonchev–Trinajstić information content (AvgIpc) is 3.28. The molecule has 0 aliphatic heterocycles. The molecule has 3 rings (SSSR count). The Morgan fingerprint density at radius 2 is 1.81 bits per heavy atom. The van der Waals surface area contributed by atoms with Crippen molar-refractivity contribution in [3.8, 4) is 11.6 Å². The van der Waals surface area contributed by atoms with Crippen LogP contribution in [0.25, 0.3) is 0 Å². The predicted octanol–water partition coefficient (Wildman–Crippen LogP) is 4.48. The Morgan fingerprint density at radius 3 is 2.48 bits per heavy atom. The second kappa shape index (κ2) is 6.36. The normalized spacial score (nSPS) is 14.2. The van der Waals surface area contributed by atoms with Crippen molar-refractivity contribution in [2.45, 2.75) is 25.4 Å². The van der Waals surface area contributed by atoms with Crippen LogP contribution in [-0.2, 0) is 6.54 Å². The number of hydrogen-bond donors (Lipinski definition) is 1. The van der Waals surface area contributed by atoms with Crippen LogP contribution in [0.15, 0.2) is 24.5 Å². The van der Waals surface area contributed by atoms with Gasteiger partial charge in [-0.2, -0.15) is 0 Å². The van der Waals surface area contributed by atoms with Crippen LogP contribution >= 0.6 is 34.8 Å². The molecule has 0 atom stereocenters. The van der Waals surface area contributed by atoms with E-state index >= 15 is 0 Å². The van der Waals surface area contributed by atoms with Gasteiger partial charge in [0.2, 0.25) is 5.88 Å². The first-order valence-corrected chi connectivity index (χ1v) is 7.62. The van der Waals surface area contributed by atoms with Gasteiger partial charge in [0, 0.05) is 18.7 Å². The summed E-state index contributed by atoms with van der Waals surface area (Å²) in [5.74, 6) is 0.745. The molecule has 1 aromatic heterocycles. The summed E-state index contributed by atoms with van der Waals surface area (Å²) in [7, 11) is 0. The maximum atomic E-state index is 6.05. The zero-order valence-corrected chi connectivity index (χ0v) is 13.2. The lowest BCUT2D eigenvalue weighted by atomic mass is 10.3. The Hall–Kier alpha value is -1.07. The van der Waals surface area contributed by atoms with Crippen LogP contribution in [-0.4, -0.2) is 16.0 Å². The van der Waals surface area contributed by atoms with Gasteiger partial charge in [-0.15, -0.1) is 0 Å². The molecule has 1 aliphatic rings. The molecule has 0 bridgehead atoms. The number of nitrogens with one attached hydrogen (secondary N) is 1. The molecule has 1 aliphatic carbocycles. The molecule has 1 aromatic carbocycles. The van der Waals surface area contributed by atoms with E-state index in [4.69, 9.17) is 39.5 Å². The monoisotopic (exact) mass is 343 g/mol. The number of benzene rings is 1. The fourth-order valence-corrected chi connectivity index (χ4v) is 2.29. The number of ether oxygens (including phenoxy) is 1. The highest BCUT2D eigenvalue weighted by Crippen LogP contribution is 2.35. The van der Waals surface area contributed by atoms with Crippen molar-refractivity contribution >= 4 is 34.8 Å². The summed E-state index contributed by atoms with van der Waals surface area (Å²) in [5.41, 5.74) is 0.870. The van der Waals surface area contributed by atoms with Crippen molar-refractivity contribution in [3.05, 3.63) is 45.3 Å². The van der Waals surface area contributed by atoms with E-state index in [1.54, 1.807) is 18.5 Å². The molecule has 4 nitrogen and oxygen atoms in total. The summed E-state index contributed by atoms with van der Waals surface area (Å²) in [6.45, 7) is 0.714. The van der Waals surface area contributed by atoms with Crippen LogP contribution in [0.1, 0.15) is 18.5 Å². The lowest BCUT2D eigenvalue weighted by Crippen LogP contribution is -2.16. The minimum absolute atomic E-state index is 0.352. The van der Waals surface area contributed by atoms with E-state index in [-0.39, 0.29) is 0 Å². The molecule has 1 N–H and O–H groups in total. The average molecular weight is 345 g/mol. The maximum absolute atomic E-state index is 6.05. The third-order valence-electron chi connectivity index (χ3n) is 3.02. The number of rotatable bonds is 5. The molecule has 2 aromatic rings. The standard InChI is InChI=1S/C14H12Cl3N3O/c15-10-3-12(17)13(4-11(10)16)21-14-7-19-9(6-20-14)5-18-8-1-2-8/h3-4,6-8,18H,1-2,5H2. The molecule has 0 amide bonds. The fourth-order valence-electron chi connectivity index (χ4n) is 1.72. The van der Waals surface area contributed by atoms with E-state index in [2.05, 4.69) is 15.3 Å². The third kappa shape index (κ3) is 3.98. The Morgan fingerprint density at radius 1 is 1.05 bits per heavy atom. The molecule has 0 spiro atoms. The van der Waals surface area contributed by atoms with E-state index in [1.165, 1.54) is 18.9 Å². The van der Waals surface area contributed by atoms with Crippen molar-refractivity contribution < 1.29 is 4.74 Å². The quantitative estimate of drug-likeness (QED) is 0.812. The summed E-state index contributed by atoms with van der Waals surface area (Å²) in [6, 6.07) is 3.72. The first kappa shape index (κ1) is 14.9. The van der Waals surface area contributed by atoms with Gasteiger partial charge in [-0.3, -0.25) is 4.98 Å². The van der Waals surface area contributed by atoms with Gasteiger partial charge in [0.05, 0.1) is 33.2 Å². The van der Waals surface area contributed by atoms with Gasteiger partial charge >= 0.3 is 0 Å². The molecule has 1 fully saturated rings. The van der Waals surface area contributed by atoms with E-state index in [0.29, 0.717) is 39.3 Å². The van der Waals surface area contributed by atoms with Gasteiger partial charge in [0.1, 0.15) is 5.75 Å². The van der Waals surface area contributed by atoms with Crippen molar-refractivity contribution in [1.82, 2.24) is 15.3 Å². The van der Waals surface area contributed by atoms with E-state index < -0.39 is 0 Å². The highest BCUT2D eigenvalue weighted by Gasteiger charge is 2.20. The number of hydrogen-bond acceptors (Lipinski definition) is 4. The highest BCUT2D eigenvalue weighted by atomic mass is 35.5. The predicted molar refractivity (Wildman–Crippen MR) is 83.4 cm³/mol. The number of aromatic nitrogens is 2. The first-order valence-electron chi connectivity index (χ1n) is 6.48. The topological polar surface area (TPSA) is 47.0 Å². The third-order valence-corrected chi connectivity index (χ3v) is 4.04. The Balaban J connectivity index is 1.68. The lowest BCUT2D eigenvalue weighted by molar-refractivity contribution is 0.459. The SMILES string of the molecule is Clc1cc(Cl)c(Oc2cnc(CNC3CC3)cn2)cc1Cl. The molecule has 0 unspecified atom stereocenters. The van der Waals surface area contributed by atoms with Gasteiger partial charge in [-0.1, -0.05) is 34.8 Å². The van der Waals surface area contributed by atoms with E-state index in [1.807, 2.05) is 0 Å². The molecule has 1 saturated carbocycles. The van der Waals surface area contributed by atoms with Gasteiger partial charge in [-0.25, -0.2) is 4.98 Å². The molecule has 21 heavy (non-hydrogen) atoms. The molecular weight excluding hydrogens is 333 g/mol. The second-order valence-corrected chi connectivity index (χ2v) is 6.02. The van der Waals surface area contributed by atoms with Crippen LogP contribution in [0.5, 0.6) is 11.6 Å². The van der Waals surface area contributed by atoms with Gasteiger partial charge in [0.15, 0.2) is 0 Å². The van der Waals surface area contributed by atoms with Crippen molar-refractivity contribution in [2.24, 2.45) is 0 Å². The van der Waals surface area contributed by atoms with Crippen LogP contribution in [0, 0.1) is 0 Å². The zero-order valence-electron chi connectivity index (χ0n) is 10.9. The van der Waals surface area contributed by atoms with Crippen LogP contribution < -0.4 is 10.1 Å². The summed E-state index contributed by atoms with van der Waals surface area (Å²) in [6.07, 6.45) is 5.72. The van der Waals surface area contributed by atoms with E-state index in [0.717, 1.165) is 5.69 Å². The van der Waals surface area contributed by atoms with Gasteiger partial charge in [-0.05, 0) is 18.9 Å². The molecule has 1 heterocycles. The first-order chi connectivity index (χ1) is 10.1. The zero-order chi connectivity index (χ0) is 14.8. The minimum Gasteiger partial charge on any atom is -0.436 e. The van der Waals surface area contributed by atoms with Crippen LogP contribution in [0.2, 0.25) is 15.1 Å². The maximum Gasteiger partial charge on any atom is 0.237 e. The van der Waals surface area contributed by atoms with Crippen LogP contribution in [0.3, 0.4) is 0 Å². The Bertz CT molecular complexity index is 645. The Kier molecular flexibility index (Phi) is 4.50. The molecule has 0 radical (unpaired) electrons. The van der Waals surface area contributed by atoms with E-state index in [9.17, 15) is 0 Å². The van der Waals surface area contributed by atoms with Crippen molar-refractivity contribution in [2.75, 3.05) is 0 Å². The molecular formula is C14H12Cl3N3O. The molecule has 0 saturated heterocycles. The molecule has 7 heteroatoms. The van der Waals surface area contributed by atoms with Gasteiger partial charge < -0.3 is 10.1 Å². The number of nitrogens with zero attached hydrogens (tertiary/aromatic N) is 2. The smallest absolute Gasteiger partial charge is 0.237 e. The fraction of sp³-hybridized carbons (Fsp3) is 0.286. The van der Waals surface area contributed by atoms with Crippen molar-refractivity contribution in [1.29, 1.82) is 0 Å².